The van der Waals surface area contributed by atoms with Crippen LogP contribution in [0.1, 0.15) is 16.8 Å². The third-order valence-electron chi connectivity index (χ3n) is 1.75. The summed E-state index contributed by atoms with van der Waals surface area (Å²) < 4.78 is 14.6. The van der Waals surface area contributed by atoms with Gasteiger partial charge in [-0.3, -0.25) is 9.51 Å². The van der Waals surface area contributed by atoms with Crippen molar-refractivity contribution in [1.82, 2.24) is 4.98 Å². The molecule has 0 aromatic carbocycles. The average molecular weight is 231 g/mol. The number of aryl methyl sites for hydroxylation is 1. The third kappa shape index (κ3) is 3.28. The van der Waals surface area contributed by atoms with Gasteiger partial charge in [0.05, 0.1) is 12.3 Å². The van der Waals surface area contributed by atoms with E-state index < -0.39 is 14.4 Å². The van der Waals surface area contributed by atoms with E-state index >= 15 is 0 Å². The molecule has 82 valence electrons. The SMILES string of the molecule is [CH]c1c(COP(=O)(O)O)cnc(C)c1O. The van der Waals surface area contributed by atoms with E-state index in [1.807, 2.05) is 0 Å². The Balaban J connectivity index is 2.88. The van der Waals surface area contributed by atoms with Gasteiger partial charge in [0, 0.05) is 24.2 Å². The second-order valence-electron chi connectivity index (χ2n) is 2.90. The van der Waals surface area contributed by atoms with E-state index in [9.17, 15) is 9.67 Å². The molecule has 1 aromatic heterocycles. The van der Waals surface area contributed by atoms with E-state index in [0.717, 1.165) is 0 Å². The maximum absolute atomic E-state index is 10.4. The van der Waals surface area contributed by atoms with Crippen LogP contribution in [-0.2, 0) is 15.7 Å². The fraction of sp³-hybridized carbons (Fsp3) is 0.250. The summed E-state index contributed by atoms with van der Waals surface area (Å²) in [6.07, 6.45) is 1.29. The highest BCUT2D eigenvalue weighted by Crippen LogP contribution is 2.37. The molecule has 0 fully saturated rings. The Labute approximate surface area is 86.8 Å². The van der Waals surface area contributed by atoms with Crippen molar-refractivity contribution in [2.75, 3.05) is 0 Å². The van der Waals surface area contributed by atoms with Crippen molar-refractivity contribution in [3.63, 3.8) is 0 Å². The molecule has 0 aliphatic rings. The molecular formula is C8H10NO5P. The summed E-state index contributed by atoms with van der Waals surface area (Å²) in [5.41, 5.74) is 0.574. The third-order valence-corrected chi connectivity index (χ3v) is 2.21. The summed E-state index contributed by atoms with van der Waals surface area (Å²) >= 11 is 0. The number of aromatic hydroxyl groups is 1. The molecule has 0 aliphatic heterocycles. The first kappa shape index (κ1) is 12.1. The molecule has 1 rings (SSSR count). The molecular weight excluding hydrogens is 221 g/mol. The lowest BCUT2D eigenvalue weighted by Crippen LogP contribution is -1.97. The summed E-state index contributed by atoms with van der Waals surface area (Å²) in [5.74, 6) is -0.207. The van der Waals surface area contributed by atoms with Crippen LogP contribution < -0.4 is 0 Å². The van der Waals surface area contributed by atoms with Gasteiger partial charge in [-0.25, -0.2) is 4.57 Å². The standard InChI is InChI=1S/C8H10NO5P/c1-5-7(4-14-15(11,12)13)3-9-6(2)8(5)10/h1,3,10H,4H2,2H3,(H2,11,12,13). The number of aromatic nitrogens is 1. The topological polar surface area (TPSA) is 99.9 Å². The van der Waals surface area contributed by atoms with Crippen molar-refractivity contribution in [2.45, 2.75) is 13.5 Å². The molecule has 0 atom stereocenters. The van der Waals surface area contributed by atoms with Crippen LogP contribution in [0.15, 0.2) is 6.20 Å². The first-order chi connectivity index (χ1) is 6.81. The smallest absolute Gasteiger partial charge is 0.469 e. The highest BCUT2D eigenvalue weighted by molar-refractivity contribution is 7.46. The fourth-order valence-corrected chi connectivity index (χ4v) is 1.23. The van der Waals surface area contributed by atoms with Crippen molar-refractivity contribution in [1.29, 1.82) is 0 Å². The highest BCUT2D eigenvalue weighted by Gasteiger charge is 2.16. The number of hydrogen-bond acceptors (Lipinski definition) is 4. The Bertz CT molecular complexity index is 414. The summed E-state index contributed by atoms with van der Waals surface area (Å²) in [7, 11) is -4.54. The molecule has 1 aromatic rings. The molecule has 0 amide bonds. The Morgan fingerprint density at radius 1 is 1.60 bits per heavy atom. The van der Waals surface area contributed by atoms with Crippen LogP contribution in [-0.4, -0.2) is 19.9 Å². The van der Waals surface area contributed by atoms with Crippen molar-refractivity contribution < 1.29 is 24.0 Å². The van der Waals surface area contributed by atoms with Gasteiger partial charge in [-0.15, -0.1) is 0 Å². The molecule has 2 radical (unpaired) electrons. The van der Waals surface area contributed by atoms with Gasteiger partial charge in [0.1, 0.15) is 5.75 Å². The number of pyridine rings is 1. The molecule has 0 bridgehead atoms. The van der Waals surface area contributed by atoms with Crippen molar-refractivity contribution >= 4 is 7.82 Å². The predicted octanol–water partition coefficient (Wildman–Crippen LogP) is 0.764. The Hall–Kier alpha value is -0.940. The Morgan fingerprint density at radius 2 is 2.20 bits per heavy atom. The van der Waals surface area contributed by atoms with Gasteiger partial charge in [-0.05, 0) is 6.92 Å². The van der Waals surface area contributed by atoms with Crippen molar-refractivity contribution in [2.24, 2.45) is 0 Å². The molecule has 1 heterocycles. The van der Waals surface area contributed by atoms with E-state index in [1.54, 1.807) is 6.92 Å². The Kier molecular flexibility index (Phi) is 3.46. The van der Waals surface area contributed by atoms with Gasteiger partial charge in [0.15, 0.2) is 0 Å². The first-order valence-corrected chi connectivity index (χ1v) is 5.47. The van der Waals surface area contributed by atoms with Crippen LogP contribution >= 0.6 is 7.82 Å². The van der Waals surface area contributed by atoms with Crippen molar-refractivity contribution in [3.8, 4) is 5.75 Å². The summed E-state index contributed by atoms with van der Waals surface area (Å²) in [4.78, 5) is 20.7. The van der Waals surface area contributed by atoms with Crippen LogP contribution in [0.4, 0.5) is 0 Å². The van der Waals surface area contributed by atoms with E-state index in [-0.39, 0.29) is 16.9 Å². The molecule has 0 saturated carbocycles. The maximum Gasteiger partial charge on any atom is 0.469 e. The highest BCUT2D eigenvalue weighted by atomic mass is 31.2. The lowest BCUT2D eigenvalue weighted by atomic mass is 10.1. The van der Waals surface area contributed by atoms with Gasteiger partial charge in [-0.2, -0.15) is 0 Å². The van der Waals surface area contributed by atoms with E-state index in [1.165, 1.54) is 6.20 Å². The van der Waals surface area contributed by atoms with Gasteiger partial charge < -0.3 is 14.9 Å². The van der Waals surface area contributed by atoms with Gasteiger partial charge in [0.2, 0.25) is 0 Å². The quantitative estimate of drug-likeness (QED) is 0.664. The number of rotatable bonds is 3. The van der Waals surface area contributed by atoms with Crippen LogP contribution in [0, 0.1) is 13.8 Å². The van der Waals surface area contributed by atoms with Crippen LogP contribution in [0.2, 0.25) is 0 Å². The zero-order chi connectivity index (χ0) is 11.6. The van der Waals surface area contributed by atoms with Gasteiger partial charge in [-0.1, -0.05) is 0 Å². The number of hydrogen-bond donors (Lipinski definition) is 3. The molecule has 7 heteroatoms. The van der Waals surface area contributed by atoms with E-state index in [2.05, 4.69) is 9.51 Å². The average Bonchev–Trinajstić information content (AvgIpc) is 2.12. The lowest BCUT2D eigenvalue weighted by molar-refractivity contribution is 0.188. The van der Waals surface area contributed by atoms with Crippen LogP contribution in [0.25, 0.3) is 0 Å². The summed E-state index contributed by atoms with van der Waals surface area (Å²) in [5, 5.41) is 9.38. The molecule has 0 unspecified atom stereocenters. The zero-order valence-electron chi connectivity index (χ0n) is 7.91. The number of nitrogens with zero attached hydrogens (tertiary/aromatic N) is 1. The van der Waals surface area contributed by atoms with Crippen molar-refractivity contribution in [3.05, 3.63) is 29.9 Å². The minimum Gasteiger partial charge on any atom is -0.506 e. The minimum atomic E-state index is -4.54. The first-order valence-electron chi connectivity index (χ1n) is 3.94. The lowest BCUT2D eigenvalue weighted by Gasteiger charge is -2.09. The number of phosphoric ester groups is 1. The molecule has 0 spiro atoms. The minimum absolute atomic E-state index is 0.0101. The Morgan fingerprint density at radius 3 is 2.73 bits per heavy atom. The van der Waals surface area contributed by atoms with Gasteiger partial charge in [0.25, 0.3) is 0 Å². The molecule has 0 saturated heterocycles. The monoisotopic (exact) mass is 231 g/mol. The molecule has 6 nitrogen and oxygen atoms in total. The zero-order valence-corrected chi connectivity index (χ0v) is 8.81. The largest absolute Gasteiger partial charge is 0.506 e. The van der Waals surface area contributed by atoms with E-state index in [4.69, 9.17) is 16.7 Å². The van der Waals surface area contributed by atoms with Gasteiger partial charge >= 0.3 is 7.82 Å². The second-order valence-corrected chi connectivity index (χ2v) is 4.13. The van der Waals surface area contributed by atoms with Crippen LogP contribution in [0.5, 0.6) is 5.75 Å². The normalized spacial score (nSPS) is 11.7. The molecule has 0 aliphatic carbocycles. The van der Waals surface area contributed by atoms with E-state index in [0.29, 0.717) is 5.69 Å². The maximum atomic E-state index is 10.4. The van der Waals surface area contributed by atoms with Crippen LogP contribution in [0.3, 0.4) is 0 Å². The predicted molar refractivity (Wildman–Crippen MR) is 50.9 cm³/mol. The molecule has 15 heavy (non-hydrogen) atoms. The number of phosphoric acid groups is 1. The fourth-order valence-electron chi connectivity index (χ4n) is 0.921. The summed E-state index contributed by atoms with van der Waals surface area (Å²) in [6, 6.07) is 0. The second kappa shape index (κ2) is 4.28. The molecule has 3 N–H and O–H groups in total. The summed E-state index contributed by atoms with van der Waals surface area (Å²) in [6.45, 7) is 6.64.